The summed E-state index contributed by atoms with van der Waals surface area (Å²) in [6, 6.07) is 7.29. The van der Waals surface area contributed by atoms with Gasteiger partial charge in [-0.15, -0.1) is 0 Å². The summed E-state index contributed by atoms with van der Waals surface area (Å²) in [6.07, 6.45) is 2.37. The third kappa shape index (κ3) is 3.82. The van der Waals surface area contributed by atoms with E-state index in [4.69, 9.17) is 5.73 Å². The Morgan fingerprint density at radius 2 is 1.78 bits per heavy atom. The van der Waals surface area contributed by atoms with Gasteiger partial charge in [-0.3, -0.25) is 0 Å². The Morgan fingerprint density at radius 3 is 2.28 bits per heavy atom. The van der Waals surface area contributed by atoms with Gasteiger partial charge in [0, 0.05) is 18.6 Å². The van der Waals surface area contributed by atoms with Crippen LogP contribution in [-0.4, -0.2) is 24.5 Å². The predicted molar refractivity (Wildman–Crippen MR) is 79.8 cm³/mol. The zero-order chi connectivity index (χ0) is 13.7. The lowest BCUT2D eigenvalue weighted by molar-refractivity contribution is 0.217. The summed E-state index contributed by atoms with van der Waals surface area (Å²) in [5.41, 5.74) is 10.2. The number of benzene rings is 1. The van der Waals surface area contributed by atoms with Crippen molar-refractivity contribution in [2.24, 2.45) is 5.73 Å². The molecule has 0 aliphatic heterocycles. The maximum atomic E-state index is 6.35. The van der Waals surface area contributed by atoms with Crippen LogP contribution in [-0.2, 0) is 0 Å². The molecule has 2 N–H and O–H groups in total. The molecule has 1 atom stereocenters. The number of rotatable bonds is 6. The fourth-order valence-corrected chi connectivity index (χ4v) is 2.71. The molecule has 2 nitrogen and oxygen atoms in total. The number of nitrogens with two attached hydrogens (primary N) is 1. The maximum Gasteiger partial charge on any atom is 0.0426 e. The molecule has 0 fully saturated rings. The summed E-state index contributed by atoms with van der Waals surface area (Å²) in [5, 5.41) is 0. The van der Waals surface area contributed by atoms with E-state index in [1.165, 1.54) is 29.5 Å². The summed E-state index contributed by atoms with van der Waals surface area (Å²) in [7, 11) is 2.18. The minimum atomic E-state index is 0.108. The van der Waals surface area contributed by atoms with E-state index in [2.05, 4.69) is 57.8 Å². The molecule has 0 aromatic heterocycles. The largest absolute Gasteiger partial charge is 0.323 e. The highest BCUT2D eigenvalue weighted by Crippen LogP contribution is 2.19. The van der Waals surface area contributed by atoms with Crippen LogP contribution in [0.25, 0.3) is 0 Å². The minimum absolute atomic E-state index is 0.108. The molecule has 0 saturated carbocycles. The van der Waals surface area contributed by atoms with Crippen LogP contribution in [0.15, 0.2) is 18.2 Å². The average molecular weight is 248 g/mol. The van der Waals surface area contributed by atoms with Gasteiger partial charge < -0.3 is 10.6 Å². The van der Waals surface area contributed by atoms with Gasteiger partial charge in [0.05, 0.1) is 0 Å². The van der Waals surface area contributed by atoms with Crippen molar-refractivity contribution in [2.75, 3.05) is 13.6 Å². The third-order valence-electron chi connectivity index (χ3n) is 3.88. The molecule has 1 aromatic rings. The van der Waals surface area contributed by atoms with Crippen molar-refractivity contribution < 1.29 is 0 Å². The molecule has 0 radical (unpaired) electrons. The predicted octanol–water partition coefficient (Wildman–Crippen LogP) is 3.42. The van der Waals surface area contributed by atoms with Gasteiger partial charge in [0.1, 0.15) is 0 Å². The average Bonchev–Trinajstić information content (AvgIpc) is 2.30. The summed E-state index contributed by atoms with van der Waals surface area (Å²) in [6.45, 7) is 9.69. The maximum absolute atomic E-state index is 6.35. The van der Waals surface area contributed by atoms with Gasteiger partial charge in [0.15, 0.2) is 0 Å². The Bertz CT molecular complexity index is 369. The van der Waals surface area contributed by atoms with Gasteiger partial charge in [-0.25, -0.2) is 0 Å². The second-order valence-electron chi connectivity index (χ2n) is 5.38. The molecule has 0 amide bonds. The topological polar surface area (TPSA) is 29.3 Å². The van der Waals surface area contributed by atoms with E-state index in [1.54, 1.807) is 0 Å². The van der Waals surface area contributed by atoms with Crippen LogP contribution in [0.4, 0.5) is 0 Å². The first-order chi connectivity index (χ1) is 8.49. The standard InChI is InChI=1S/C16H28N2/c1-6-14(7-2)18(5)11-16(17)15-9-8-12(3)10-13(15)4/h8-10,14,16H,6-7,11,17H2,1-5H3. The minimum Gasteiger partial charge on any atom is -0.323 e. The molecule has 0 spiro atoms. The highest BCUT2D eigenvalue weighted by atomic mass is 15.1. The number of likely N-dealkylation sites (N-methyl/N-ethyl adjacent to an activating group) is 1. The molecule has 1 unspecified atom stereocenters. The molecular weight excluding hydrogens is 220 g/mol. The molecular formula is C16H28N2. The molecule has 1 aromatic carbocycles. The zero-order valence-electron chi connectivity index (χ0n) is 12.5. The van der Waals surface area contributed by atoms with E-state index < -0.39 is 0 Å². The SMILES string of the molecule is CCC(CC)N(C)CC(N)c1ccc(C)cc1C. The van der Waals surface area contributed by atoms with Crippen LogP contribution >= 0.6 is 0 Å². The zero-order valence-corrected chi connectivity index (χ0v) is 12.5. The second-order valence-corrected chi connectivity index (χ2v) is 5.38. The molecule has 18 heavy (non-hydrogen) atoms. The lowest BCUT2D eigenvalue weighted by Crippen LogP contribution is -2.36. The van der Waals surface area contributed by atoms with E-state index >= 15 is 0 Å². The molecule has 102 valence electrons. The summed E-state index contributed by atoms with van der Waals surface area (Å²) >= 11 is 0. The normalized spacial score (nSPS) is 13.3. The van der Waals surface area contributed by atoms with Crippen molar-refractivity contribution in [3.05, 3.63) is 34.9 Å². The van der Waals surface area contributed by atoms with Crippen LogP contribution in [0, 0.1) is 13.8 Å². The molecule has 1 rings (SSSR count). The van der Waals surface area contributed by atoms with Crippen molar-refractivity contribution in [2.45, 2.75) is 52.6 Å². The number of hydrogen-bond donors (Lipinski definition) is 1. The van der Waals surface area contributed by atoms with Crippen LogP contribution in [0.5, 0.6) is 0 Å². The first kappa shape index (κ1) is 15.2. The van der Waals surface area contributed by atoms with Gasteiger partial charge in [-0.2, -0.15) is 0 Å². The first-order valence-electron chi connectivity index (χ1n) is 7.02. The van der Waals surface area contributed by atoms with E-state index in [9.17, 15) is 0 Å². The Morgan fingerprint density at radius 1 is 1.17 bits per heavy atom. The van der Waals surface area contributed by atoms with Crippen LogP contribution < -0.4 is 5.73 Å². The van der Waals surface area contributed by atoms with Gasteiger partial charge in [-0.1, -0.05) is 37.6 Å². The van der Waals surface area contributed by atoms with E-state index in [0.717, 1.165) is 6.54 Å². The molecule has 0 aliphatic rings. The molecule has 0 bridgehead atoms. The highest BCUT2D eigenvalue weighted by molar-refractivity contribution is 5.32. The first-order valence-corrected chi connectivity index (χ1v) is 7.02. The summed E-state index contributed by atoms with van der Waals surface area (Å²) in [5.74, 6) is 0. The Hall–Kier alpha value is -0.860. The van der Waals surface area contributed by atoms with Gasteiger partial charge in [0.25, 0.3) is 0 Å². The Labute approximate surface area is 112 Å². The number of aryl methyl sites for hydroxylation is 2. The summed E-state index contributed by atoms with van der Waals surface area (Å²) < 4.78 is 0. The highest BCUT2D eigenvalue weighted by Gasteiger charge is 2.16. The van der Waals surface area contributed by atoms with Crippen LogP contribution in [0.1, 0.15) is 49.4 Å². The van der Waals surface area contributed by atoms with Crippen molar-refractivity contribution in [1.82, 2.24) is 4.90 Å². The smallest absolute Gasteiger partial charge is 0.0426 e. The van der Waals surface area contributed by atoms with Gasteiger partial charge in [0.2, 0.25) is 0 Å². The van der Waals surface area contributed by atoms with E-state index in [-0.39, 0.29) is 6.04 Å². The van der Waals surface area contributed by atoms with Crippen molar-refractivity contribution in [3.8, 4) is 0 Å². The lowest BCUT2D eigenvalue weighted by Gasteiger charge is -2.29. The van der Waals surface area contributed by atoms with Crippen molar-refractivity contribution in [3.63, 3.8) is 0 Å². The van der Waals surface area contributed by atoms with E-state index in [1.807, 2.05) is 0 Å². The molecule has 2 heteroatoms. The quantitative estimate of drug-likeness (QED) is 0.836. The third-order valence-corrected chi connectivity index (χ3v) is 3.88. The van der Waals surface area contributed by atoms with Gasteiger partial charge >= 0.3 is 0 Å². The molecule has 0 heterocycles. The Balaban J connectivity index is 2.72. The van der Waals surface area contributed by atoms with Crippen molar-refractivity contribution >= 4 is 0 Å². The fourth-order valence-electron chi connectivity index (χ4n) is 2.71. The molecule has 0 aliphatic carbocycles. The molecule has 0 saturated heterocycles. The van der Waals surface area contributed by atoms with Gasteiger partial charge in [-0.05, 0) is 44.9 Å². The van der Waals surface area contributed by atoms with Crippen LogP contribution in [0.3, 0.4) is 0 Å². The van der Waals surface area contributed by atoms with Crippen molar-refractivity contribution in [1.29, 1.82) is 0 Å². The second kappa shape index (κ2) is 6.91. The number of hydrogen-bond acceptors (Lipinski definition) is 2. The monoisotopic (exact) mass is 248 g/mol. The van der Waals surface area contributed by atoms with E-state index in [0.29, 0.717) is 6.04 Å². The number of nitrogens with zero attached hydrogens (tertiary/aromatic N) is 1. The lowest BCUT2D eigenvalue weighted by atomic mass is 9.99. The van der Waals surface area contributed by atoms with Crippen LogP contribution in [0.2, 0.25) is 0 Å². The Kier molecular flexibility index (Phi) is 5.83. The summed E-state index contributed by atoms with van der Waals surface area (Å²) in [4.78, 5) is 2.39. The fraction of sp³-hybridized carbons (Fsp3) is 0.625.